The molecule has 30 heavy (non-hydrogen) atoms. The maximum absolute atomic E-state index is 11.5. The Morgan fingerprint density at radius 2 is 1.40 bits per heavy atom. The van der Waals surface area contributed by atoms with Gasteiger partial charge in [0.1, 0.15) is 5.52 Å². The van der Waals surface area contributed by atoms with Crippen LogP contribution in [0.5, 0.6) is 0 Å². The van der Waals surface area contributed by atoms with E-state index in [4.69, 9.17) is 9.15 Å². The number of methoxy groups -OCH3 is 2. The molecule has 0 amide bonds. The number of benzene rings is 3. The minimum atomic E-state index is -0.333. The van der Waals surface area contributed by atoms with E-state index in [1.165, 1.54) is 7.11 Å². The lowest BCUT2D eigenvalue weighted by molar-refractivity contribution is 0.0600. The van der Waals surface area contributed by atoms with Gasteiger partial charge in [-0.1, -0.05) is 48.6 Å². The van der Waals surface area contributed by atoms with E-state index in [-0.39, 0.29) is 5.97 Å². The molecule has 0 bridgehead atoms. The number of hydrogen-bond acceptors (Lipinski definition) is 5. The summed E-state index contributed by atoms with van der Waals surface area (Å²) in [6.45, 7) is 0. The van der Waals surface area contributed by atoms with Crippen LogP contribution in [0.4, 0.5) is 0 Å². The number of fused-ring (bicyclic) bond motifs is 1. The molecule has 0 saturated heterocycles. The summed E-state index contributed by atoms with van der Waals surface area (Å²) in [4.78, 5) is 16.0. The Balaban J connectivity index is 0.000000806. The van der Waals surface area contributed by atoms with Gasteiger partial charge in [0, 0.05) is 19.8 Å². The predicted octanol–water partition coefficient (Wildman–Crippen LogP) is 5.71. The molecule has 5 nitrogen and oxygen atoms in total. The monoisotopic (exact) mass is 401 g/mol. The number of oxazole rings is 1. The van der Waals surface area contributed by atoms with Crippen molar-refractivity contribution in [2.45, 2.75) is 0 Å². The van der Waals surface area contributed by atoms with Crippen LogP contribution in [0, 0.1) is 0 Å². The molecule has 0 aliphatic rings. The Hall–Kier alpha value is -3.70. The quantitative estimate of drug-likeness (QED) is 0.324. The minimum Gasteiger partial charge on any atom is -0.465 e. The second kappa shape index (κ2) is 10.2. The molecule has 0 radical (unpaired) electrons. The zero-order valence-electron chi connectivity index (χ0n) is 17.2. The first-order valence-electron chi connectivity index (χ1n) is 9.37. The molecule has 1 aromatic heterocycles. The molecule has 0 atom stereocenters. The highest BCUT2D eigenvalue weighted by Crippen LogP contribution is 2.24. The molecule has 4 rings (SSSR count). The minimum absolute atomic E-state index is 0.333. The van der Waals surface area contributed by atoms with Crippen LogP contribution in [0.3, 0.4) is 0 Å². The highest BCUT2D eigenvalue weighted by Gasteiger charge is 2.07. The van der Waals surface area contributed by atoms with Crippen LogP contribution in [0.15, 0.2) is 77.2 Å². The number of carbonyl (C=O) groups is 1. The molecule has 152 valence electrons. The lowest BCUT2D eigenvalue weighted by Gasteiger charge is -2.00. The first-order chi connectivity index (χ1) is 14.6. The summed E-state index contributed by atoms with van der Waals surface area (Å²) < 4.78 is 14.7. The van der Waals surface area contributed by atoms with Crippen molar-refractivity contribution in [3.8, 4) is 11.5 Å². The molecule has 1 heterocycles. The Morgan fingerprint density at radius 3 is 1.97 bits per heavy atom. The number of ether oxygens (including phenoxy) is 2. The number of carbonyl (C=O) groups excluding carboxylic acids is 1. The average molecular weight is 401 g/mol. The standard InChI is InChI=1S/C23H17NO3.C2H6O/c1-26-23(25)19-14-10-17(11-15-19)7-6-16-8-12-18(13-9-16)22-24-20-4-2-3-5-21(20)27-22;1-3-2/h2-15H,1H3;1-2H3/b7-6+;. The number of aromatic nitrogens is 1. The molecule has 0 aliphatic heterocycles. The van der Waals surface area contributed by atoms with E-state index in [9.17, 15) is 4.79 Å². The molecule has 0 unspecified atom stereocenters. The van der Waals surface area contributed by atoms with Crippen LogP contribution in [0.1, 0.15) is 21.5 Å². The fourth-order valence-electron chi connectivity index (χ4n) is 2.77. The summed E-state index contributed by atoms with van der Waals surface area (Å²) in [5.74, 6) is 0.283. The van der Waals surface area contributed by atoms with E-state index >= 15 is 0 Å². The number of para-hydroxylation sites is 2. The summed E-state index contributed by atoms with van der Waals surface area (Å²) >= 11 is 0. The molecule has 5 heteroatoms. The molecule has 0 saturated carbocycles. The third-order valence-electron chi connectivity index (χ3n) is 4.25. The Kier molecular flexibility index (Phi) is 7.14. The van der Waals surface area contributed by atoms with Gasteiger partial charge in [0.2, 0.25) is 5.89 Å². The highest BCUT2D eigenvalue weighted by molar-refractivity contribution is 5.89. The van der Waals surface area contributed by atoms with E-state index in [1.807, 2.05) is 72.8 Å². The second-order valence-corrected chi connectivity index (χ2v) is 6.46. The molecule has 0 N–H and O–H groups in total. The van der Waals surface area contributed by atoms with Gasteiger partial charge in [-0.2, -0.15) is 0 Å². The SMILES string of the molecule is COC.COC(=O)c1ccc(/C=C/c2ccc(-c3nc4ccccc4o3)cc2)cc1. The number of hydrogen-bond donors (Lipinski definition) is 0. The van der Waals surface area contributed by atoms with Gasteiger partial charge in [0.05, 0.1) is 12.7 Å². The van der Waals surface area contributed by atoms with Crippen LogP contribution < -0.4 is 0 Å². The van der Waals surface area contributed by atoms with Gasteiger partial charge < -0.3 is 13.9 Å². The molecule has 0 aliphatic carbocycles. The number of rotatable bonds is 4. The molecule has 0 spiro atoms. The van der Waals surface area contributed by atoms with Crippen molar-refractivity contribution in [3.05, 3.63) is 89.5 Å². The number of nitrogens with zero attached hydrogens (tertiary/aromatic N) is 1. The van der Waals surface area contributed by atoms with Crippen LogP contribution in [-0.4, -0.2) is 32.3 Å². The third-order valence-corrected chi connectivity index (χ3v) is 4.25. The lowest BCUT2D eigenvalue weighted by Crippen LogP contribution is -2.00. The van der Waals surface area contributed by atoms with Crippen LogP contribution in [-0.2, 0) is 9.47 Å². The summed E-state index contributed by atoms with van der Waals surface area (Å²) in [6, 6.07) is 23.0. The second-order valence-electron chi connectivity index (χ2n) is 6.46. The maximum Gasteiger partial charge on any atom is 0.337 e. The molecule has 0 fully saturated rings. The summed E-state index contributed by atoms with van der Waals surface area (Å²) in [5, 5.41) is 0. The Morgan fingerprint density at radius 1 is 0.833 bits per heavy atom. The van der Waals surface area contributed by atoms with Crippen molar-refractivity contribution in [1.29, 1.82) is 0 Å². The average Bonchev–Trinajstić information content (AvgIpc) is 3.23. The highest BCUT2D eigenvalue weighted by atomic mass is 16.5. The smallest absolute Gasteiger partial charge is 0.337 e. The van der Waals surface area contributed by atoms with Crippen molar-refractivity contribution in [2.75, 3.05) is 21.3 Å². The normalized spacial score (nSPS) is 10.6. The largest absolute Gasteiger partial charge is 0.465 e. The molecule has 3 aromatic carbocycles. The first-order valence-corrected chi connectivity index (χ1v) is 9.37. The van der Waals surface area contributed by atoms with Gasteiger partial charge in [-0.25, -0.2) is 9.78 Å². The summed E-state index contributed by atoms with van der Waals surface area (Å²) in [7, 11) is 4.63. The van der Waals surface area contributed by atoms with Gasteiger partial charge in [-0.3, -0.25) is 0 Å². The fraction of sp³-hybridized carbons (Fsp3) is 0.120. The van der Waals surface area contributed by atoms with Crippen molar-refractivity contribution in [1.82, 2.24) is 4.98 Å². The van der Waals surface area contributed by atoms with Crippen molar-refractivity contribution in [2.24, 2.45) is 0 Å². The van der Waals surface area contributed by atoms with E-state index in [2.05, 4.69) is 9.72 Å². The zero-order chi connectivity index (χ0) is 21.3. The molecular formula is C25H23NO4. The summed E-state index contributed by atoms with van der Waals surface area (Å²) in [6.07, 6.45) is 4.01. The van der Waals surface area contributed by atoms with Gasteiger partial charge >= 0.3 is 5.97 Å². The number of esters is 1. The van der Waals surface area contributed by atoms with E-state index < -0.39 is 0 Å². The van der Waals surface area contributed by atoms with E-state index in [0.717, 1.165) is 27.8 Å². The molecular weight excluding hydrogens is 378 g/mol. The first kappa shape index (κ1) is 21.0. The van der Waals surface area contributed by atoms with E-state index in [0.29, 0.717) is 11.5 Å². The van der Waals surface area contributed by atoms with Gasteiger partial charge in [0.25, 0.3) is 0 Å². The van der Waals surface area contributed by atoms with Crippen LogP contribution in [0.2, 0.25) is 0 Å². The van der Waals surface area contributed by atoms with Gasteiger partial charge in [-0.15, -0.1) is 0 Å². The van der Waals surface area contributed by atoms with E-state index in [1.54, 1.807) is 26.4 Å². The Bertz CT molecular complexity index is 1090. The third kappa shape index (κ3) is 5.21. The van der Waals surface area contributed by atoms with Crippen molar-refractivity contribution < 1.29 is 18.7 Å². The van der Waals surface area contributed by atoms with Gasteiger partial charge in [-0.05, 0) is 47.5 Å². The zero-order valence-corrected chi connectivity index (χ0v) is 17.2. The van der Waals surface area contributed by atoms with Crippen molar-refractivity contribution in [3.63, 3.8) is 0 Å². The van der Waals surface area contributed by atoms with Crippen LogP contribution in [0.25, 0.3) is 34.7 Å². The summed E-state index contributed by atoms with van der Waals surface area (Å²) in [5.41, 5.74) is 5.18. The lowest BCUT2D eigenvalue weighted by atomic mass is 10.1. The van der Waals surface area contributed by atoms with Gasteiger partial charge in [0.15, 0.2) is 5.58 Å². The topological polar surface area (TPSA) is 61.6 Å². The molecule has 4 aromatic rings. The predicted molar refractivity (Wildman–Crippen MR) is 119 cm³/mol. The van der Waals surface area contributed by atoms with Crippen molar-refractivity contribution >= 4 is 29.2 Å². The maximum atomic E-state index is 11.5. The van der Waals surface area contributed by atoms with Crippen LogP contribution >= 0.6 is 0 Å². The Labute approximate surface area is 175 Å². The fourth-order valence-corrected chi connectivity index (χ4v) is 2.77.